The highest BCUT2D eigenvalue weighted by molar-refractivity contribution is 7.71. The molecule has 0 amide bonds. The summed E-state index contributed by atoms with van der Waals surface area (Å²) in [7, 11) is 1.50. The number of rotatable bonds is 6. The van der Waals surface area contributed by atoms with Gasteiger partial charge in [-0.05, 0) is 37.3 Å². The summed E-state index contributed by atoms with van der Waals surface area (Å²) in [6.45, 7) is 1.55. The molecule has 3 rings (SSSR count). The minimum atomic E-state index is -0.434. The summed E-state index contributed by atoms with van der Waals surface area (Å²) in [5, 5.41) is 10.5. The zero-order valence-corrected chi connectivity index (χ0v) is 16.0. The third-order valence-electron chi connectivity index (χ3n) is 3.88. The van der Waals surface area contributed by atoms with E-state index in [1.54, 1.807) is 43.3 Å². The second-order valence-corrected chi connectivity index (χ2v) is 6.12. The Kier molecular flexibility index (Phi) is 5.95. The average molecular weight is 400 g/mol. The van der Waals surface area contributed by atoms with Crippen molar-refractivity contribution in [2.24, 2.45) is 5.10 Å². The summed E-state index contributed by atoms with van der Waals surface area (Å²) in [5.41, 5.74) is 0.732. The van der Waals surface area contributed by atoms with Gasteiger partial charge in [0.1, 0.15) is 18.1 Å². The maximum atomic E-state index is 13.9. The molecule has 0 saturated carbocycles. The Morgan fingerprint density at radius 2 is 2.07 bits per heavy atom. The summed E-state index contributed by atoms with van der Waals surface area (Å²) in [6, 6.07) is 11.5. The van der Waals surface area contributed by atoms with Crippen molar-refractivity contribution in [1.29, 1.82) is 0 Å². The Morgan fingerprint density at radius 3 is 2.82 bits per heavy atom. The molecule has 0 bridgehead atoms. The summed E-state index contributed by atoms with van der Waals surface area (Å²) >= 11 is 5.06. The summed E-state index contributed by atoms with van der Waals surface area (Å²) in [4.78, 5) is 12.2. The number of methoxy groups -OCH3 is 1. The Labute approximate surface area is 165 Å². The summed E-state index contributed by atoms with van der Waals surface area (Å²) < 4.78 is 26.1. The molecule has 0 saturated heterocycles. The van der Waals surface area contributed by atoms with E-state index in [0.717, 1.165) is 4.68 Å². The van der Waals surface area contributed by atoms with Gasteiger partial charge in [-0.1, -0.05) is 24.3 Å². The first-order valence-corrected chi connectivity index (χ1v) is 8.68. The van der Waals surface area contributed by atoms with Crippen LogP contribution in [0.25, 0.3) is 0 Å². The van der Waals surface area contributed by atoms with Gasteiger partial charge in [0.2, 0.25) is 4.77 Å². The molecule has 0 aliphatic rings. The number of hydrogen-bond acceptors (Lipinski definition) is 6. The monoisotopic (exact) mass is 400 g/mol. The normalized spacial score (nSPS) is 11.0. The fourth-order valence-corrected chi connectivity index (χ4v) is 2.59. The van der Waals surface area contributed by atoms with Crippen molar-refractivity contribution >= 4 is 18.4 Å². The molecule has 0 atom stereocenters. The number of H-pyrrole nitrogens is 1. The van der Waals surface area contributed by atoms with Crippen molar-refractivity contribution in [1.82, 2.24) is 14.9 Å². The predicted octanol–water partition coefficient (Wildman–Crippen LogP) is 3.22. The van der Waals surface area contributed by atoms with E-state index in [1.165, 1.54) is 19.4 Å². The van der Waals surface area contributed by atoms with Crippen LogP contribution in [0.1, 0.15) is 16.8 Å². The van der Waals surface area contributed by atoms with Crippen molar-refractivity contribution in [2.75, 3.05) is 7.11 Å². The van der Waals surface area contributed by atoms with Gasteiger partial charge in [-0.15, -0.1) is 0 Å². The number of benzene rings is 2. The van der Waals surface area contributed by atoms with Gasteiger partial charge in [-0.25, -0.2) is 4.39 Å². The predicted molar refractivity (Wildman–Crippen MR) is 105 cm³/mol. The van der Waals surface area contributed by atoms with E-state index < -0.39 is 5.56 Å². The Bertz CT molecular complexity index is 1140. The van der Waals surface area contributed by atoms with Crippen LogP contribution in [0.15, 0.2) is 52.4 Å². The minimum absolute atomic E-state index is 0.00225. The zero-order valence-electron chi connectivity index (χ0n) is 15.2. The van der Waals surface area contributed by atoms with E-state index in [-0.39, 0.29) is 22.9 Å². The molecule has 1 N–H and O–H groups in total. The molecule has 0 aliphatic heterocycles. The maximum absolute atomic E-state index is 13.9. The van der Waals surface area contributed by atoms with Crippen LogP contribution in [0.2, 0.25) is 0 Å². The maximum Gasteiger partial charge on any atom is 0.296 e. The Morgan fingerprint density at radius 1 is 1.29 bits per heavy atom. The molecule has 7 nitrogen and oxygen atoms in total. The van der Waals surface area contributed by atoms with Gasteiger partial charge in [-0.2, -0.15) is 14.9 Å². The second-order valence-electron chi connectivity index (χ2n) is 5.73. The van der Waals surface area contributed by atoms with Crippen LogP contribution < -0.4 is 15.0 Å². The molecule has 0 aliphatic carbocycles. The van der Waals surface area contributed by atoms with Crippen LogP contribution >= 0.6 is 12.2 Å². The SMILES string of the molecule is COc1cccc(/C=N/n2c(=S)[nH]nc(C)c2=O)c1OCc1ccccc1F. The van der Waals surface area contributed by atoms with Crippen molar-refractivity contribution in [3.8, 4) is 11.5 Å². The number of aromatic amines is 1. The summed E-state index contributed by atoms with van der Waals surface area (Å²) in [5.74, 6) is 0.451. The third-order valence-corrected chi connectivity index (χ3v) is 4.15. The van der Waals surface area contributed by atoms with Gasteiger partial charge in [0.05, 0.1) is 13.3 Å². The molecule has 1 heterocycles. The Balaban J connectivity index is 1.96. The minimum Gasteiger partial charge on any atom is -0.493 e. The molecule has 9 heteroatoms. The van der Waals surface area contributed by atoms with Crippen LogP contribution in [-0.4, -0.2) is 28.2 Å². The van der Waals surface area contributed by atoms with Gasteiger partial charge < -0.3 is 9.47 Å². The third kappa shape index (κ3) is 4.15. The van der Waals surface area contributed by atoms with Crippen LogP contribution in [0.5, 0.6) is 11.5 Å². The van der Waals surface area contributed by atoms with Crippen LogP contribution in [0.4, 0.5) is 4.39 Å². The second kappa shape index (κ2) is 8.57. The van der Waals surface area contributed by atoms with E-state index in [0.29, 0.717) is 22.6 Å². The van der Waals surface area contributed by atoms with E-state index in [2.05, 4.69) is 15.3 Å². The van der Waals surface area contributed by atoms with Gasteiger partial charge >= 0.3 is 0 Å². The molecule has 2 aromatic carbocycles. The lowest BCUT2D eigenvalue weighted by Crippen LogP contribution is -2.22. The number of para-hydroxylation sites is 1. The average Bonchev–Trinajstić information content (AvgIpc) is 2.70. The first-order chi connectivity index (χ1) is 13.5. The van der Waals surface area contributed by atoms with Crippen molar-refractivity contribution in [3.05, 3.63) is 80.2 Å². The molecule has 0 fully saturated rings. The van der Waals surface area contributed by atoms with E-state index in [9.17, 15) is 9.18 Å². The fraction of sp³-hybridized carbons (Fsp3) is 0.158. The number of aromatic nitrogens is 3. The molecule has 0 spiro atoms. The molecule has 0 unspecified atom stereocenters. The lowest BCUT2D eigenvalue weighted by atomic mass is 10.2. The van der Waals surface area contributed by atoms with Crippen molar-refractivity contribution in [2.45, 2.75) is 13.5 Å². The Hall–Kier alpha value is -3.33. The van der Waals surface area contributed by atoms with Gasteiger partial charge in [0, 0.05) is 11.1 Å². The van der Waals surface area contributed by atoms with Crippen LogP contribution in [-0.2, 0) is 6.61 Å². The molecule has 1 aromatic heterocycles. The number of hydrogen-bond donors (Lipinski definition) is 1. The topological polar surface area (TPSA) is 81.5 Å². The quantitative estimate of drug-likeness (QED) is 0.508. The van der Waals surface area contributed by atoms with Crippen molar-refractivity contribution < 1.29 is 13.9 Å². The van der Waals surface area contributed by atoms with Gasteiger partial charge in [0.15, 0.2) is 11.5 Å². The fourth-order valence-electron chi connectivity index (χ4n) is 2.41. The first kappa shape index (κ1) is 19.4. The molecule has 144 valence electrons. The summed E-state index contributed by atoms with van der Waals surface area (Å²) in [6.07, 6.45) is 1.42. The molecule has 0 radical (unpaired) electrons. The number of ether oxygens (including phenoxy) is 2. The number of nitrogens with one attached hydrogen (secondary N) is 1. The number of aryl methyl sites for hydroxylation is 1. The van der Waals surface area contributed by atoms with E-state index in [4.69, 9.17) is 21.7 Å². The van der Waals surface area contributed by atoms with Gasteiger partial charge in [0.25, 0.3) is 5.56 Å². The molecule has 3 aromatic rings. The lowest BCUT2D eigenvalue weighted by Gasteiger charge is -2.13. The van der Waals surface area contributed by atoms with Crippen LogP contribution in [0, 0.1) is 17.5 Å². The standard InChI is InChI=1S/C19H17FN4O3S/c1-12-18(25)24(19(28)23-22-12)21-10-13-7-5-9-16(26-2)17(13)27-11-14-6-3-4-8-15(14)20/h3-10H,11H2,1-2H3,(H,23,28)/b21-10+. The molecular weight excluding hydrogens is 383 g/mol. The van der Waals surface area contributed by atoms with Crippen LogP contribution in [0.3, 0.4) is 0 Å². The highest BCUT2D eigenvalue weighted by Gasteiger charge is 2.11. The smallest absolute Gasteiger partial charge is 0.296 e. The number of nitrogens with zero attached hydrogens (tertiary/aromatic N) is 3. The number of halogens is 1. The van der Waals surface area contributed by atoms with Gasteiger partial charge in [-0.3, -0.25) is 9.89 Å². The molecular formula is C19H17FN4O3S. The highest BCUT2D eigenvalue weighted by Crippen LogP contribution is 2.31. The largest absolute Gasteiger partial charge is 0.493 e. The van der Waals surface area contributed by atoms with E-state index in [1.807, 2.05) is 0 Å². The zero-order chi connectivity index (χ0) is 20.1. The molecule has 28 heavy (non-hydrogen) atoms. The lowest BCUT2D eigenvalue weighted by molar-refractivity contribution is 0.279. The first-order valence-electron chi connectivity index (χ1n) is 8.27. The van der Waals surface area contributed by atoms with E-state index >= 15 is 0 Å². The highest BCUT2D eigenvalue weighted by atomic mass is 32.1. The van der Waals surface area contributed by atoms with Crippen molar-refractivity contribution in [3.63, 3.8) is 0 Å².